The molecular weight excluding hydrogens is 314 g/mol. The molecule has 0 fully saturated rings. The maximum absolute atomic E-state index is 6.16. The first-order valence-electron chi connectivity index (χ1n) is 5.61. The Labute approximate surface area is 120 Å². The number of rotatable bonds is 4. The van der Waals surface area contributed by atoms with Crippen LogP contribution < -0.4 is 10.6 Å². The van der Waals surface area contributed by atoms with E-state index in [1.165, 1.54) is 0 Å². The van der Waals surface area contributed by atoms with Gasteiger partial charge in [-0.15, -0.1) is 0 Å². The quantitative estimate of drug-likeness (QED) is 0.857. The molecule has 0 unspecified atom stereocenters. The molecule has 3 nitrogen and oxygen atoms in total. The van der Waals surface area contributed by atoms with Crippen LogP contribution in [0.25, 0.3) is 0 Å². The summed E-state index contributed by atoms with van der Waals surface area (Å²) in [5, 5.41) is 7.10. The van der Waals surface area contributed by atoms with E-state index in [1.807, 2.05) is 37.3 Å². The summed E-state index contributed by atoms with van der Waals surface area (Å²) in [5.41, 5.74) is 1.82. The van der Waals surface area contributed by atoms with Crippen LogP contribution in [-0.4, -0.2) is 11.5 Å². The minimum Gasteiger partial charge on any atom is -0.370 e. The topological polar surface area (TPSA) is 37.0 Å². The molecule has 0 aliphatic carbocycles. The van der Waals surface area contributed by atoms with Gasteiger partial charge in [0.25, 0.3) is 0 Å². The summed E-state index contributed by atoms with van der Waals surface area (Å²) >= 11 is 9.54. The molecule has 18 heavy (non-hydrogen) atoms. The number of pyridine rings is 1. The summed E-state index contributed by atoms with van der Waals surface area (Å²) in [5.74, 6) is 0.843. The van der Waals surface area contributed by atoms with Gasteiger partial charge in [-0.05, 0) is 31.2 Å². The van der Waals surface area contributed by atoms with Crippen LogP contribution in [0.15, 0.2) is 41.0 Å². The molecule has 0 amide bonds. The Morgan fingerprint density at radius 3 is 2.83 bits per heavy atom. The SMILES string of the molecule is CCNc1cc(Nc2ccc(Br)cc2Cl)ccn1. The monoisotopic (exact) mass is 325 g/mol. The number of hydrogen-bond donors (Lipinski definition) is 2. The van der Waals surface area contributed by atoms with Crippen LogP contribution in [0.5, 0.6) is 0 Å². The lowest BCUT2D eigenvalue weighted by Crippen LogP contribution is -2.00. The lowest BCUT2D eigenvalue weighted by molar-refractivity contribution is 1.16. The Morgan fingerprint density at radius 2 is 2.11 bits per heavy atom. The molecule has 0 saturated carbocycles. The second kappa shape index (κ2) is 6.07. The van der Waals surface area contributed by atoms with E-state index in [9.17, 15) is 0 Å². The summed E-state index contributed by atoms with van der Waals surface area (Å²) in [7, 11) is 0. The van der Waals surface area contributed by atoms with Crippen molar-refractivity contribution >= 4 is 44.7 Å². The van der Waals surface area contributed by atoms with Gasteiger partial charge in [0.1, 0.15) is 5.82 Å². The van der Waals surface area contributed by atoms with Crippen LogP contribution in [0.4, 0.5) is 17.2 Å². The van der Waals surface area contributed by atoms with Crippen molar-refractivity contribution < 1.29 is 0 Å². The molecule has 0 bridgehead atoms. The highest BCUT2D eigenvalue weighted by atomic mass is 79.9. The Balaban J connectivity index is 2.20. The molecule has 0 aliphatic heterocycles. The second-order valence-corrected chi connectivity index (χ2v) is 5.03. The van der Waals surface area contributed by atoms with Gasteiger partial charge in [0.2, 0.25) is 0 Å². The highest BCUT2D eigenvalue weighted by Crippen LogP contribution is 2.28. The van der Waals surface area contributed by atoms with Gasteiger partial charge in [0.05, 0.1) is 10.7 Å². The summed E-state index contributed by atoms with van der Waals surface area (Å²) in [6.45, 7) is 2.88. The molecule has 0 aliphatic rings. The van der Waals surface area contributed by atoms with Crippen molar-refractivity contribution in [3.63, 3.8) is 0 Å². The number of aromatic nitrogens is 1. The third-order valence-corrected chi connectivity index (χ3v) is 3.13. The van der Waals surface area contributed by atoms with E-state index in [0.29, 0.717) is 5.02 Å². The first kappa shape index (κ1) is 13.2. The predicted octanol–water partition coefficient (Wildman–Crippen LogP) is 4.67. The van der Waals surface area contributed by atoms with Crippen LogP contribution in [0.2, 0.25) is 5.02 Å². The molecule has 2 aromatic rings. The van der Waals surface area contributed by atoms with E-state index in [4.69, 9.17) is 11.6 Å². The number of halogens is 2. The highest BCUT2D eigenvalue weighted by molar-refractivity contribution is 9.10. The largest absolute Gasteiger partial charge is 0.370 e. The van der Waals surface area contributed by atoms with Crippen molar-refractivity contribution in [1.29, 1.82) is 0 Å². The predicted molar refractivity (Wildman–Crippen MR) is 80.8 cm³/mol. The normalized spacial score (nSPS) is 10.2. The van der Waals surface area contributed by atoms with Crippen molar-refractivity contribution in [3.05, 3.63) is 46.0 Å². The van der Waals surface area contributed by atoms with Crippen LogP contribution in [-0.2, 0) is 0 Å². The first-order chi connectivity index (χ1) is 8.69. The van der Waals surface area contributed by atoms with Crippen LogP contribution in [0, 0.1) is 0 Å². The first-order valence-corrected chi connectivity index (χ1v) is 6.78. The molecule has 0 atom stereocenters. The number of nitrogens with zero attached hydrogens (tertiary/aromatic N) is 1. The zero-order valence-corrected chi connectivity index (χ0v) is 12.2. The van der Waals surface area contributed by atoms with E-state index in [1.54, 1.807) is 6.20 Å². The lowest BCUT2D eigenvalue weighted by Gasteiger charge is -2.10. The highest BCUT2D eigenvalue weighted by Gasteiger charge is 2.02. The Hall–Kier alpha value is -1.26. The van der Waals surface area contributed by atoms with Crippen molar-refractivity contribution in [2.24, 2.45) is 0 Å². The fraction of sp³-hybridized carbons (Fsp3) is 0.154. The summed E-state index contributed by atoms with van der Waals surface area (Å²) in [6, 6.07) is 9.58. The molecule has 0 radical (unpaired) electrons. The van der Waals surface area contributed by atoms with Gasteiger partial charge >= 0.3 is 0 Å². The van der Waals surface area contributed by atoms with Gasteiger partial charge in [-0.3, -0.25) is 0 Å². The van der Waals surface area contributed by atoms with Gasteiger partial charge in [-0.2, -0.15) is 0 Å². The molecule has 2 N–H and O–H groups in total. The molecule has 94 valence electrons. The van der Waals surface area contributed by atoms with E-state index in [2.05, 4.69) is 31.5 Å². The van der Waals surface area contributed by atoms with E-state index in [-0.39, 0.29) is 0 Å². The van der Waals surface area contributed by atoms with Crippen molar-refractivity contribution in [3.8, 4) is 0 Å². The second-order valence-electron chi connectivity index (χ2n) is 3.71. The average molecular weight is 327 g/mol. The van der Waals surface area contributed by atoms with Crippen LogP contribution in [0.1, 0.15) is 6.92 Å². The fourth-order valence-corrected chi connectivity index (χ4v) is 2.25. The van der Waals surface area contributed by atoms with Gasteiger partial charge in [-0.1, -0.05) is 27.5 Å². The molecule has 1 aromatic carbocycles. The zero-order chi connectivity index (χ0) is 13.0. The number of anilines is 3. The number of benzene rings is 1. The maximum atomic E-state index is 6.16. The molecule has 1 aromatic heterocycles. The maximum Gasteiger partial charge on any atom is 0.127 e. The van der Waals surface area contributed by atoms with Crippen molar-refractivity contribution in [2.45, 2.75) is 6.92 Å². The third-order valence-electron chi connectivity index (χ3n) is 2.33. The van der Waals surface area contributed by atoms with Crippen LogP contribution >= 0.6 is 27.5 Å². The lowest BCUT2D eigenvalue weighted by atomic mass is 10.3. The van der Waals surface area contributed by atoms with Crippen molar-refractivity contribution in [2.75, 3.05) is 17.2 Å². The molecule has 0 saturated heterocycles. The van der Waals surface area contributed by atoms with Gasteiger partial charge in [0, 0.05) is 29.0 Å². The Morgan fingerprint density at radius 1 is 1.28 bits per heavy atom. The Kier molecular flexibility index (Phi) is 4.44. The van der Waals surface area contributed by atoms with E-state index < -0.39 is 0 Å². The molecular formula is C13H13BrClN3. The fourth-order valence-electron chi connectivity index (χ4n) is 1.53. The van der Waals surface area contributed by atoms with Crippen LogP contribution in [0.3, 0.4) is 0 Å². The minimum atomic E-state index is 0.672. The van der Waals surface area contributed by atoms with E-state index >= 15 is 0 Å². The van der Waals surface area contributed by atoms with Gasteiger partial charge < -0.3 is 10.6 Å². The third kappa shape index (κ3) is 3.37. The molecule has 2 rings (SSSR count). The summed E-state index contributed by atoms with van der Waals surface area (Å²) < 4.78 is 0.959. The Bertz CT molecular complexity index is 546. The molecule has 5 heteroatoms. The van der Waals surface area contributed by atoms with E-state index in [0.717, 1.165) is 28.2 Å². The zero-order valence-electron chi connectivity index (χ0n) is 9.87. The summed E-state index contributed by atoms with van der Waals surface area (Å²) in [4.78, 5) is 4.22. The average Bonchev–Trinajstić information content (AvgIpc) is 2.34. The molecule has 0 spiro atoms. The number of hydrogen-bond acceptors (Lipinski definition) is 3. The van der Waals surface area contributed by atoms with Crippen molar-refractivity contribution in [1.82, 2.24) is 4.98 Å². The smallest absolute Gasteiger partial charge is 0.127 e. The van der Waals surface area contributed by atoms with Gasteiger partial charge in [0.15, 0.2) is 0 Å². The number of nitrogens with one attached hydrogen (secondary N) is 2. The summed E-state index contributed by atoms with van der Waals surface area (Å²) in [6.07, 6.45) is 1.76. The standard InChI is InChI=1S/C13H13BrClN3/c1-2-16-13-8-10(5-6-17-13)18-12-4-3-9(14)7-11(12)15/h3-8H,2H2,1H3,(H2,16,17,18). The minimum absolute atomic E-state index is 0.672. The van der Waals surface area contributed by atoms with Gasteiger partial charge in [-0.25, -0.2) is 4.98 Å². The molecule has 1 heterocycles.